The third-order valence-corrected chi connectivity index (χ3v) is 5.35. The molecule has 0 aliphatic carbocycles. The van der Waals surface area contributed by atoms with Crippen LogP contribution in [-0.2, 0) is 16.6 Å². The molecule has 0 saturated carbocycles. The smallest absolute Gasteiger partial charge is 0.343 e. The fraction of sp³-hybridized carbons (Fsp3) is 0.476. The Labute approximate surface area is 174 Å². The van der Waals surface area contributed by atoms with E-state index >= 15 is 0 Å². The summed E-state index contributed by atoms with van der Waals surface area (Å²) in [5.41, 5.74) is 1.36. The Bertz CT molecular complexity index is 941. The zero-order chi connectivity index (χ0) is 21.1. The molecule has 1 unspecified atom stereocenters. The van der Waals surface area contributed by atoms with Gasteiger partial charge in [-0.25, -0.2) is 4.79 Å². The van der Waals surface area contributed by atoms with E-state index in [4.69, 9.17) is 14.2 Å². The molecular weight excluding hydrogens is 388 g/mol. The predicted molar refractivity (Wildman–Crippen MR) is 109 cm³/mol. The van der Waals surface area contributed by atoms with Gasteiger partial charge in [0.25, 0.3) is 0 Å². The molecule has 1 amide bonds. The number of nitrogens with one attached hydrogen (secondary N) is 1. The zero-order valence-electron chi connectivity index (χ0n) is 17.2. The predicted octanol–water partition coefficient (Wildman–Crippen LogP) is 2.14. The highest BCUT2D eigenvalue weighted by molar-refractivity contribution is 6.00. The molecule has 1 saturated heterocycles. The van der Waals surface area contributed by atoms with E-state index in [1.165, 1.54) is 10.9 Å². The Morgan fingerprint density at radius 3 is 2.87 bits per heavy atom. The van der Waals surface area contributed by atoms with Gasteiger partial charge in [0, 0.05) is 13.1 Å². The Morgan fingerprint density at radius 1 is 1.27 bits per heavy atom. The van der Waals surface area contributed by atoms with Crippen LogP contribution in [0.15, 0.2) is 24.4 Å². The second-order valence-electron chi connectivity index (χ2n) is 7.33. The number of nitrogens with zero attached hydrogens (tertiary/aromatic N) is 3. The first-order valence-electron chi connectivity index (χ1n) is 10.2. The van der Waals surface area contributed by atoms with Crippen molar-refractivity contribution in [2.24, 2.45) is 7.05 Å². The van der Waals surface area contributed by atoms with E-state index in [0.29, 0.717) is 19.0 Å². The van der Waals surface area contributed by atoms with Gasteiger partial charge < -0.3 is 19.5 Å². The maximum absolute atomic E-state index is 12.8. The van der Waals surface area contributed by atoms with Crippen LogP contribution in [0.4, 0.5) is 5.82 Å². The van der Waals surface area contributed by atoms with Gasteiger partial charge in [-0.1, -0.05) is 6.07 Å². The molecule has 1 N–H and O–H groups in total. The van der Waals surface area contributed by atoms with Crippen molar-refractivity contribution in [2.75, 3.05) is 38.2 Å². The lowest BCUT2D eigenvalue weighted by Gasteiger charge is -2.26. The van der Waals surface area contributed by atoms with E-state index < -0.39 is 5.97 Å². The molecule has 9 nitrogen and oxygen atoms in total. The maximum atomic E-state index is 12.8. The van der Waals surface area contributed by atoms with Crippen LogP contribution in [0.1, 0.15) is 41.7 Å². The number of hydrogen-bond acceptors (Lipinski definition) is 7. The monoisotopic (exact) mass is 414 g/mol. The number of aryl methyl sites for hydroxylation is 1. The van der Waals surface area contributed by atoms with Gasteiger partial charge >= 0.3 is 5.97 Å². The van der Waals surface area contributed by atoms with Gasteiger partial charge in [-0.2, -0.15) is 5.10 Å². The van der Waals surface area contributed by atoms with E-state index in [0.717, 1.165) is 36.4 Å². The van der Waals surface area contributed by atoms with Crippen LogP contribution in [0.5, 0.6) is 11.5 Å². The van der Waals surface area contributed by atoms with Gasteiger partial charge in [0.15, 0.2) is 11.5 Å². The molecule has 4 rings (SSSR count). The van der Waals surface area contributed by atoms with E-state index in [9.17, 15) is 9.59 Å². The average molecular weight is 414 g/mol. The summed E-state index contributed by atoms with van der Waals surface area (Å²) in [6.07, 6.45) is 3.38. The maximum Gasteiger partial charge on any atom is 0.343 e. The number of benzene rings is 1. The third kappa shape index (κ3) is 4.11. The molecule has 9 heteroatoms. The van der Waals surface area contributed by atoms with Crippen LogP contribution in [0.25, 0.3) is 0 Å². The summed E-state index contributed by atoms with van der Waals surface area (Å²) in [5, 5.41) is 6.89. The van der Waals surface area contributed by atoms with Gasteiger partial charge in [0.05, 0.1) is 19.3 Å². The molecule has 0 spiro atoms. The van der Waals surface area contributed by atoms with Crippen molar-refractivity contribution < 1.29 is 23.8 Å². The van der Waals surface area contributed by atoms with Crippen molar-refractivity contribution in [1.29, 1.82) is 0 Å². The number of amides is 1. The van der Waals surface area contributed by atoms with Crippen LogP contribution >= 0.6 is 0 Å². The number of carbonyl (C=O) groups excluding carboxylic acids is 2. The number of likely N-dealkylation sites (tertiary alicyclic amines) is 1. The van der Waals surface area contributed by atoms with E-state index in [-0.39, 0.29) is 30.7 Å². The molecular formula is C21H26N4O5. The van der Waals surface area contributed by atoms with E-state index in [1.54, 1.807) is 14.0 Å². The molecule has 2 aromatic rings. The molecule has 1 aromatic carbocycles. The number of carbonyl (C=O) groups is 2. The quantitative estimate of drug-likeness (QED) is 0.724. The average Bonchev–Trinajstić information content (AvgIpc) is 3.35. The Hall–Kier alpha value is -3.07. The molecule has 2 aliphatic heterocycles. The number of rotatable bonds is 6. The minimum atomic E-state index is -0.503. The van der Waals surface area contributed by atoms with Crippen LogP contribution in [0.3, 0.4) is 0 Å². The van der Waals surface area contributed by atoms with Crippen molar-refractivity contribution in [3.8, 4) is 11.5 Å². The summed E-state index contributed by atoms with van der Waals surface area (Å²) in [6, 6.07) is 6.11. The first-order chi connectivity index (χ1) is 14.6. The van der Waals surface area contributed by atoms with Gasteiger partial charge in [-0.3, -0.25) is 14.4 Å². The Kier molecular flexibility index (Phi) is 5.89. The Balaban J connectivity index is 1.45. The topological polar surface area (TPSA) is 94.9 Å². The molecule has 30 heavy (non-hydrogen) atoms. The highest BCUT2D eigenvalue weighted by atomic mass is 16.6. The second kappa shape index (κ2) is 8.74. The number of esters is 1. The van der Waals surface area contributed by atoms with Crippen LogP contribution in [0, 0.1) is 0 Å². The largest absolute Gasteiger partial charge is 0.486 e. The summed E-state index contributed by atoms with van der Waals surface area (Å²) in [4.78, 5) is 27.0. The minimum absolute atomic E-state index is 0.127. The lowest BCUT2D eigenvalue weighted by Crippen LogP contribution is -2.33. The molecule has 0 radical (unpaired) electrons. The zero-order valence-corrected chi connectivity index (χ0v) is 17.2. The normalized spacial score (nSPS) is 18.3. The number of aromatic nitrogens is 2. The summed E-state index contributed by atoms with van der Waals surface area (Å²) in [7, 11) is 1.67. The lowest BCUT2D eigenvalue weighted by atomic mass is 10.0. The third-order valence-electron chi connectivity index (χ3n) is 5.35. The lowest BCUT2D eigenvalue weighted by molar-refractivity contribution is -0.117. The molecule has 0 bridgehead atoms. The standard InChI is InChI=1S/C21H26N4O5/c1-3-28-21(27)15-12-22-24(2)20(15)23-19(26)13-25-8-4-5-16(25)14-6-7-17-18(11-14)30-10-9-29-17/h6-7,11-12,16H,3-5,8-10,13H2,1-2H3,(H,23,26). The van der Waals surface area contributed by atoms with Gasteiger partial charge in [0.1, 0.15) is 24.6 Å². The van der Waals surface area contributed by atoms with Crippen LogP contribution in [-0.4, -0.2) is 59.5 Å². The fourth-order valence-electron chi connectivity index (χ4n) is 3.96. The van der Waals surface area contributed by atoms with Crippen LogP contribution < -0.4 is 14.8 Å². The number of ether oxygens (including phenoxy) is 3. The summed E-state index contributed by atoms with van der Waals surface area (Å²) in [6.45, 7) is 4.13. The van der Waals surface area contributed by atoms with Gasteiger partial charge in [-0.15, -0.1) is 0 Å². The SMILES string of the molecule is CCOC(=O)c1cnn(C)c1NC(=O)CN1CCCC1c1ccc2c(c1)OCCO2. The molecule has 160 valence electrons. The summed E-state index contributed by atoms with van der Waals surface area (Å²) >= 11 is 0. The number of hydrogen-bond donors (Lipinski definition) is 1. The second-order valence-corrected chi connectivity index (χ2v) is 7.33. The fourth-order valence-corrected chi connectivity index (χ4v) is 3.96. The summed E-state index contributed by atoms with van der Waals surface area (Å²) < 4.78 is 17.8. The first-order valence-corrected chi connectivity index (χ1v) is 10.2. The first kappa shape index (κ1) is 20.2. The van der Waals surface area contributed by atoms with Crippen molar-refractivity contribution in [2.45, 2.75) is 25.8 Å². The number of fused-ring (bicyclic) bond motifs is 1. The van der Waals surface area contributed by atoms with Crippen molar-refractivity contribution in [1.82, 2.24) is 14.7 Å². The van der Waals surface area contributed by atoms with Crippen LogP contribution in [0.2, 0.25) is 0 Å². The van der Waals surface area contributed by atoms with E-state index in [2.05, 4.69) is 15.3 Å². The Morgan fingerprint density at radius 2 is 2.07 bits per heavy atom. The van der Waals surface area contributed by atoms with E-state index in [1.807, 2.05) is 18.2 Å². The molecule has 3 heterocycles. The molecule has 1 atom stereocenters. The highest BCUT2D eigenvalue weighted by Crippen LogP contribution is 2.37. The van der Waals surface area contributed by atoms with Crippen molar-refractivity contribution in [3.05, 3.63) is 35.5 Å². The molecule has 2 aliphatic rings. The molecule has 1 aromatic heterocycles. The summed E-state index contributed by atoms with van der Waals surface area (Å²) in [5.74, 6) is 1.15. The van der Waals surface area contributed by atoms with Crippen molar-refractivity contribution in [3.63, 3.8) is 0 Å². The molecule has 1 fully saturated rings. The number of anilines is 1. The van der Waals surface area contributed by atoms with Gasteiger partial charge in [0.2, 0.25) is 5.91 Å². The highest BCUT2D eigenvalue weighted by Gasteiger charge is 2.29. The van der Waals surface area contributed by atoms with Crippen molar-refractivity contribution >= 4 is 17.7 Å². The van der Waals surface area contributed by atoms with Gasteiger partial charge in [-0.05, 0) is 44.0 Å². The minimum Gasteiger partial charge on any atom is -0.486 e.